The van der Waals surface area contributed by atoms with Crippen LogP contribution in [0.25, 0.3) is 0 Å². The van der Waals surface area contributed by atoms with Gasteiger partial charge in [0.1, 0.15) is 0 Å². The molecule has 0 bridgehead atoms. The van der Waals surface area contributed by atoms with Gasteiger partial charge in [0, 0.05) is 0 Å². The molecular formula is C10H22O. The number of unbranched alkanes of at least 4 members (excludes halogenated alkanes) is 4. The summed E-state index contributed by atoms with van der Waals surface area (Å²) in [6, 6.07) is 0. The minimum atomic E-state index is 0. The Morgan fingerprint density at radius 3 is 2.18 bits per heavy atom. The minimum absolute atomic E-state index is 0. The molecule has 0 saturated heterocycles. The third-order valence-corrected chi connectivity index (χ3v) is 2.41. The normalized spacial score (nSPS) is 16.1. The fraction of sp³-hybridized carbons (Fsp3) is 1.00. The van der Waals surface area contributed by atoms with E-state index in [1.54, 1.807) is 0 Å². The Balaban J connectivity index is 0.000001000. The van der Waals surface area contributed by atoms with Crippen molar-refractivity contribution in [1.82, 2.24) is 0 Å². The average molecular weight is 158 g/mol. The first-order chi connectivity index (χ1) is 4.93. The molecule has 68 valence electrons. The van der Waals surface area contributed by atoms with E-state index in [1.807, 2.05) is 0 Å². The first-order valence-corrected chi connectivity index (χ1v) is 4.93. The molecule has 1 fully saturated rings. The summed E-state index contributed by atoms with van der Waals surface area (Å²) in [6.45, 7) is 2.28. The van der Waals surface area contributed by atoms with Crippen molar-refractivity contribution in [1.29, 1.82) is 0 Å². The molecule has 0 aromatic rings. The second-order valence-corrected chi connectivity index (χ2v) is 3.65. The lowest BCUT2D eigenvalue weighted by Gasteiger charge is -1.97. The van der Waals surface area contributed by atoms with E-state index in [-0.39, 0.29) is 5.48 Å². The average Bonchev–Trinajstić information content (AvgIpc) is 2.71. The van der Waals surface area contributed by atoms with Crippen molar-refractivity contribution in [2.45, 2.75) is 58.3 Å². The third kappa shape index (κ3) is 6.36. The molecule has 1 aliphatic rings. The van der Waals surface area contributed by atoms with E-state index in [0.717, 1.165) is 5.92 Å². The maximum absolute atomic E-state index is 2.28. The predicted molar refractivity (Wildman–Crippen MR) is 49.7 cm³/mol. The SMILES string of the molecule is CCCCCCCC1CC1.O. The summed E-state index contributed by atoms with van der Waals surface area (Å²) in [5.74, 6) is 1.15. The Kier molecular flexibility index (Phi) is 6.63. The van der Waals surface area contributed by atoms with Crippen molar-refractivity contribution >= 4 is 0 Å². The molecule has 0 amide bonds. The van der Waals surface area contributed by atoms with Crippen LogP contribution in [0.1, 0.15) is 58.3 Å². The standard InChI is InChI=1S/C10H20.H2O/c1-2-3-4-5-6-7-10-8-9-10;/h10H,2-9H2,1H3;1H2. The van der Waals surface area contributed by atoms with Gasteiger partial charge in [0.25, 0.3) is 0 Å². The summed E-state index contributed by atoms with van der Waals surface area (Å²) in [5, 5.41) is 0. The highest BCUT2D eigenvalue weighted by atomic mass is 16.0. The molecule has 0 unspecified atom stereocenters. The highest BCUT2D eigenvalue weighted by molar-refractivity contribution is 4.72. The predicted octanol–water partition coefficient (Wildman–Crippen LogP) is 2.93. The van der Waals surface area contributed by atoms with Crippen LogP contribution in [0, 0.1) is 5.92 Å². The van der Waals surface area contributed by atoms with Crippen LogP contribution in [0.4, 0.5) is 0 Å². The Hall–Kier alpha value is -0.0400. The van der Waals surface area contributed by atoms with Gasteiger partial charge in [-0.25, -0.2) is 0 Å². The monoisotopic (exact) mass is 158 g/mol. The van der Waals surface area contributed by atoms with Crippen LogP contribution < -0.4 is 0 Å². The number of hydrogen-bond acceptors (Lipinski definition) is 0. The van der Waals surface area contributed by atoms with Crippen LogP contribution in [-0.2, 0) is 0 Å². The smallest absolute Gasteiger partial charge is 0.0414 e. The van der Waals surface area contributed by atoms with Crippen LogP contribution in [0.5, 0.6) is 0 Å². The van der Waals surface area contributed by atoms with Gasteiger partial charge < -0.3 is 5.48 Å². The lowest BCUT2D eigenvalue weighted by molar-refractivity contribution is 0.580. The molecular weight excluding hydrogens is 136 g/mol. The maximum Gasteiger partial charge on any atom is -0.0414 e. The summed E-state index contributed by atoms with van der Waals surface area (Å²) < 4.78 is 0. The van der Waals surface area contributed by atoms with Crippen molar-refractivity contribution in [3.8, 4) is 0 Å². The minimum Gasteiger partial charge on any atom is -0.412 e. The van der Waals surface area contributed by atoms with E-state index in [1.165, 1.54) is 51.4 Å². The quantitative estimate of drug-likeness (QED) is 0.532. The molecule has 1 rings (SSSR count). The fourth-order valence-electron chi connectivity index (χ4n) is 1.44. The topological polar surface area (TPSA) is 31.5 Å². The molecule has 0 spiro atoms. The fourth-order valence-corrected chi connectivity index (χ4v) is 1.44. The van der Waals surface area contributed by atoms with Gasteiger partial charge in [0.2, 0.25) is 0 Å². The Morgan fingerprint density at radius 1 is 1.00 bits per heavy atom. The summed E-state index contributed by atoms with van der Waals surface area (Å²) >= 11 is 0. The molecule has 1 nitrogen and oxygen atoms in total. The van der Waals surface area contributed by atoms with E-state index in [0.29, 0.717) is 0 Å². The number of hydrogen-bond donors (Lipinski definition) is 0. The summed E-state index contributed by atoms with van der Waals surface area (Å²) in [4.78, 5) is 0. The largest absolute Gasteiger partial charge is 0.412 e. The summed E-state index contributed by atoms with van der Waals surface area (Å²) in [5.41, 5.74) is 0. The van der Waals surface area contributed by atoms with E-state index in [2.05, 4.69) is 6.92 Å². The second kappa shape index (κ2) is 6.66. The van der Waals surface area contributed by atoms with E-state index >= 15 is 0 Å². The highest BCUT2D eigenvalue weighted by Crippen LogP contribution is 2.34. The van der Waals surface area contributed by atoms with Gasteiger partial charge in [-0.2, -0.15) is 0 Å². The number of rotatable bonds is 6. The van der Waals surface area contributed by atoms with Crippen LogP contribution in [0.3, 0.4) is 0 Å². The lowest BCUT2D eigenvalue weighted by atomic mass is 10.1. The Bertz CT molecular complexity index is 76.9. The van der Waals surface area contributed by atoms with Gasteiger partial charge >= 0.3 is 0 Å². The van der Waals surface area contributed by atoms with Gasteiger partial charge in [-0.1, -0.05) is 58.3 Å². The third-order valence-electron chi connectivity index (χ3n) is 2.41. The molecule has 11 heavy (non-hydrogen) atoms. The second-order valence-electron chi connectivity index (χ2n) is 3.65. The van der Waals surface area contributed by atoms with Gasteiger partial charge in [-0.05, 0) is 5.92 Å². The zero-order valence-corrected chi connectivity index (χ0v) is 7.73. The molecule has 1 aliphatic carbocycles. The first-order valence-electron chi connectivity index (χ1n) is 4.93. The first kappa shape index (κ1) is 11.0. The van der Waals surface area contributed by atoms with Crippen LogP contribution in [-0.4, -0.2) is 5.48 Å². The highest BCUT2D eigenvalue weighted by Gasteiger charge is 2.19. The molecule has 2 N–H and O–H groups in total. The molecule has 0 aliphatic heterocycles. The Labute approximate surface area is 70.5 Å². The Morgan fingerprint density at radius 2 is 1.64 bits per heavy atom. The van der Waals surface area contributed by atoms with Crippen molar-refractivity contribution < 1.29 is 5.48 Å². The van der Waals surface area contributed by atoms with Gasteiger partial charge in [0.15, 0.2) is 0 Å². The van der Waals surface area contributed by atoms with Crippen LogP contribution >= 0.6 is 0 Å². The maximum atomic E-state index is 2.28. The lowest BCUT2D eigenvalue weighted by Crippen LogP contribution is -1.79. The van der Waals surface area contributed by atoms with Gasteiger partial charge in [-0.3, -0.25) is 0 Å². The summed E-state index contributed by atoms with van der Waals surface area (Å²) in [7, 11) is 0. The molecule has 1 saturated carbocycles. The molecule has 0 aromatic carbocycles. The van der Waals surface area contributed by atoms with Gasteiger partial charge in [0.05, 0.1) is 0 Å². The van der Waals surface area contributed by atoms with Crippen molar-refractivity contribution in [3.05, 3.63) is 0 Å². The van der Waals surface area contributed by atoms with Crippen molar-refractivity contribution in [2.75, 3.05) is 0 Å². The van der Waals surface area contributed by atoms with E-state index in [4.69, 9.17) is 0 Å². The van der Waals surface area contributed by atoms with E-state index < -0.39 is 0 Å². The zero-order valence-electron chi connectivity index (χ0n) is 7.73. The van der Waals surface area contributed by atoms with Crippen molar-refractivity contribution in [2.24, 2.45) is 5.92 Å². The molecule has 0 radical (unpaired) electrons. The van der Waals surface area contributed by atoms with Crippen LogP contribution in [0.15, 0.2) is 0 Å². The molecule has 0 heterocycles. The van der Waals surface area contributed by atoms with E-state index in [9.17, 15) is 0 Å². The summed E-state index contributed by atoms with van der Waals surface area (Å²) in [6.07, 6.45) is 11.9. The van der Waals surface area contributed by atoms with Crippen molar-refractivity contribution in [3.63, 3.8) is 0 Å². The molecule has 0 aromatic heterocycles. The van der Waals surface area contributed by atoms with Crippen LogP contribution in [0.2, 0.25) is 0 Å². The van der Waals surface area contributed by atoms with Gasteiger partial charge in [-0.15, -0.1) is 0 Å². The zero-order chi connectivity index (χ0) is 7.23. The molecule has 1 heteroatoms. The molecule has 0 atom stereocenters.